The van der Waals surface area contributed by atoms with E-state index in [1.165, 1.54) is 4.90 Å². The largest absolute Gasteiger partial charge is 0.445 e. The standard InChI is InChI=1S/C22H31N5O7S/c28-20-19-18(27(20)35(31,32)33)9-13-26(19)21(29)24-17-7-4-11-25(12-8-17)14-10-23-22(30)34-15-16-5-2-1-3-6-16/h1-3,5-6,17-19H,4,7-15H2,(H,23,30)(H,24,29)(H,31,32,33)/t17-,18+,19-/m0/s1. The molecule has 3 heterocycles. The summed E-state index contributed by atoms with van der Waals surface area (Å²) in [5.41, 5.74) is 0.921. The first-order valence-corrected chi connectivity index (χ1v) is 13.2. The average molecular weight is 510 g/mol. The molecule has 4 amide bonds. The van der Waals surface area contributed by atoms with Crippen molar-refractivity contribution in [3.63, 3.8) is 0 Å². The van der Waals surface area contributed by atoms with Crippen LogP contribution in [-0.2, 0) is 26.4 Å². The number of likely N-dealkylation sites (tertiary alicyclic amines) is 2. The topological polar surface area (TPSA) is 149 Å². The van der Waals surface area contributed by atoms with Crippen molar-refractivity contribution < 1.29 is 32.1 Å². The molecular formula is C22H31N5O7S. The minimum atomic E-state index is -4.60. The predicted octanol–water partition coefficient (Wildman–Crippen LogP) is 0.565. The summed E-state index contributed by atoms with van der Waals surface area (Å²) >= 11 is 0. The first-order valence-electron chi connectivity index (χ1n) is 11.8. The highest BCUT2D eigenvalue weighted by Crippen LogP contribution is 2.35. The Morgan fingerprint density at radius 1 is 1.09 bits per heavy atom. The van der Waals surface area contributed by atoms with Gasteiger partial charge in [0, 0.05) is 32.2 Å². The van der Waals surface area contributed by atoms with Crippen molar-refractivity contribution in [2.24, 2.45) is 0 Å². The van der Waals surface area contributed by atoms with E-state index in [0.717, 1.165) is 37.9 Å². The Kier molecular flexibility index (Phi) is 7.77. The van der Waals surface area contributed by atoms with Crippen molar-refractivity contribution in [2.45, 2.75) is 50.4 Å². The first kappa shape index (κ1) is 25.2. The Morgan fingerprint density at radius 3 is 2.60 bits per heavy atom. The van der Waals surface area contributed by atoms with Crippen LogP contribution < -0.4 is 10.6 Å². The van der Waals surface area contributed by atoms with Gasteiger partial charge in [-0.05, 0) is 37.8 Å². The molecule has 3 N–H and O–H groups in total. The number of nitrogens with zero attached hydrogens (tertiary/aromatic N) is 3. The van der Waals surface area contributed by atoms with Crippen molar-refractivity contribution in [3.8, 4) is 0 Å². The number of benzene rings is 1. The molecule has 1 aromatic rings. The fourth-order valence-electron chi connectivity index (χ4n) is 4.92. The Hall–Kier alpha value is -2.90. The molecule has 0 spiro atoms. The van der Waals surface area contributed by atoms with E-state index in [-0.39, 0.29) is 25.2 Å². The third kappa shape index (κ3) is 6.03. The fraction of sp³-hybridized carbons (Fsp3) is 0.591. The molecule has 12 nitrogen and oxygen atoms in total. The summed E-state index contributed by atoms with van der Waals surface area (Å²) in [6.07, 6.45) is 2.21. The Labute approximate surface area is 204 Å². The maximum absolute atomic E-state index is 12.8. The second kappa shape index (κ2) is 10.8. The molecular weight excluding hydrogens is 478 g/mol. The molecule has 0 aliphatic carbocycles. The maximum Gasteiger partial charge on any atom is 0.407 e. The lowest BCUT2D eigenvalue weighted by atomic mass is 10.0. The van der Waals surface area contributed by atoms with Crippen molar-refractivity contribution in [3.05, 3.63) is 35.9 Å². The third-order valence-corrected chi connectivity index (χ3v) is 7.65. The van der Waals surface area contributed by atoms with E-state index < -0.39 is 34.4 Å². The van der Waals surface area contributed by atoms with E-state index in [1.54, 1.807) is 0 Å². The van der Waals surface area contributed by atoms with Crippen LogP contribution in [0.4, 0.5) is 9.59 Å². The first-order chi connectivity index (χ1) is 16.7. The summed E-state index contributed by atoms with van der Waals surface area (Å²) < 4.78 is 37.5. The van der Waals surface area contributed by atoms with Crippen LogP contribution >= 0.6 is 0 Å². The Morgan fingerprint density at radius 2 is 1.86 bits per heavy atom. The molecule has 1 aromatic carbocycles. The molecule has 0 radical (unpaired) electrons. The maximum atomic E-state index is 12.8. The lowest BCUT2D eigenvalue weighted by molar-refractivity contribution is -0.143. The number of carbonyl (C=O) groups is 3. The van der Waals surface area contributed by atoms with E-state index in [9.17, 15) is 27.4 Å². The second-order valence-corrected chi connectivity index (χ2v) is 10.3. The van der Waals surface area contributed by atoms with Crippen LogP contribution in [0.25, 0.3) is 0 Å². The normalized spacial score (nSPS) is 24.8. The van der Waals surface area contributed by atoms with Gasteiger partial charge in [0.15, 0.2) is 0 Å². The van der Waals surface area contributed by atoms with Gasteiger partial charge in [-0.3, -0.25) is 9.35 Å². The summed E-state index contributed by atoms with van der Waals surface area (Å²) in [4.78, 5) is 40.4. The van der Waals surface area contributed by atoms with Gasteiger partial charge in [0.2, 0.25) is 0 Å². The van der Waals surface area contributed by atoms with Gasteiger partial charge in [-0.1, -0.05) is 30.3 Å². The number of ether oxygens (including phenoxy) is 1. The molecule has 3 aliphatic heterocycles. The quantitative estimate of drug-likeness (QED) is 0.357. The molecule has 192 valence electrons. The molecule has 3 aliphatic rings. The summed E-state index contributed by atoms with van der Waals surface area (Å²) in [7, 11) is -4.60. The van der Waals surface area contributed by atoms with Crippen molar-refractivity contribution >= 4 is 28.3 Å². The molecule has 13 heteroatoms. The van der Waals surface area contributed by atoms with E-state index in [4.69, 9.17) is 4.74 Å². The highest BCUT2D eigenvalue weighted by Gasteiger charge is 2.60. The van der Waals surface area contributed by atoms with E-state index in [1.807, 2.05) is 30.3 Å². The van der Waals surface area contributed by atoms with Gasteiger partial charge in [-0.25, -0.2) is 13.9 Å². The number of β-lactam (4-membered cyclic amide) rings is 1. The number of rotatable bonds is 7. The van der Waals surface area contributed by atoms with Gasteiger partial charge in [0.1, 0.15) is 12.6 Å². The van der Waals surface area contributed by atoms with E-state index in [2.05, 4.69) is 15.5 Å². The molecule has 0 bridgehead atoms. The second-order valence-electron chi connectivity index (χ2n) is 9.01. The highest BCUT2D eigenvalue weighted by atomic mass is 32.2. The minimum absolute atomic E-state index is 0.0665. The molecule has 35 heavy (non-hydrogen) atoms. The number of hydrogen-bond donors (Lipinski definition) is 3. The summed E-state index contributed by atoms with van der Waals surface area (Å²) in [5, 5.41) is 5.73. The minimum Gasteiger partial charge on any atom is -0.445 e. The molecule has 3 atom stereocenters. The van der Waals surface area contributed by atoms with Crippen molar-refractivity contribution in [1.82, 2.24) is 24.7 Å². The van der Waals surface area contributed by atoms with E-state index in [0.29, 0.717) is 23.8 Å². The molecule has 0 saturated carbocycles. The predicted molar refractivity (Wildman–Crippen MR) is 125 cm³/mol. The molecule has 3 saturated heterocycles. The van der Waals surface area contributed by atoms with Gasteiger partial charge in [-0.15, -0.1) is 0 Å². The van der Waals surface area contributed by atoms with Gasteiger partial charge < -0.3 is 25.2 Å². The van der Waals surface area contributed by atoms with Crippen LogP contribution in [0.2, 0.25) is 0 Å². The average Bonchev–Trinajstić information content (AvgIpc) is 3.04. The number of fused-ring (bicyclic) bond motifs is 1. The highest BCUT2D eigenvalue weighted by molar-refractivity contribution is 7.84. The number of nitrogens with one attached hydrogen (secondary N) is 2. The zero-order valence-corrected chi connectivity index (χ0v) is 20.2. The van der Waals surface area contributed by atoms with Gasteiger partial charge in [-0.2, -0.15) is 8.42 Å². The van der Waals surface area contributed by atoms with Gasteiger partial charge >= 0.3 is 22.4 Å². The lowest BCUT2D eigenvalue weighted by Crippen LogP contribution is -2.69. The number of amides is 4. The molecule has 3 fully saturated rings. The monoisotopic (exact) mass is 509 g/mol. The molecule has 0 unspecified atom stereocenters. The van der Waals surface area contributed by atoms with Crippen LogP contribution in [0.3, 0.4) is 0 Å². The van der Waals surface area contributed by atoms with Crippen LogP contribution in [0.5, 0.6) is 0 Å². The number of carbonyl (C=O) groups excluding carboxylic acids is 3. The van der Waals surface area contributed by atoms with E-state index >= 15 is 0 Å². The van der Waals surface area contributed by atoms with Crippen LogP contribution in [0.15, 0.2) is 30.3 Å². The van der Waals surface area contributed by atoms with Crippen molar-refractivity contribution in [2.75, 3.05) is 32.7 Å². The number of urea groups is 1. The lowest BCUT2D eigenvalue weighted by Gasteiger charge is -2.42. The smallest absolute Gasteiger partial charge is 0.407 e. The zero-order chi connectivity index (χ0) is 25.0. The fourth-order valence-corrected chi connectivity index (χ4v) is 5.81. The van der Waals surface area contributed by atoms with Gasteiger partial charge in [0.05, 0.1) is 6.04 Å². The summed E-state index contributed by atoms with van der Waals surface area (Å²) in [5.74, 6) is -0.771. The van der Waals surface area contributed by atoms with Crippen LogP contribution in [0.1, 0.15) is 31.2 Å². The zero-order valence-electron chi connectivity index (χ0n) is 19.3. The summed E-state index contributed by atoms with van der Waals surface area (Å²) in [6.45, 7) is 3.17. The van der Waals surface area contributed by atoms with Gasteiger partial charge in [0.25, 0.3) is 5.91 Å². The number of alkyl carbamates (subject to hydrolysis) is 1. The molecule has 0 aromatic heterocycles. The number of hydrogen-bond acceptors (Lipinski definition) is 7. The Balaban J connectivity index is 1.15. The third-order valence-electron chi connectivity index (χ3n) is 6.71. The SMILES string of the molecule is O=C(NCCN1CCC[C@H](NC(=O)N2CC[C@@H]3[C@H]2C(=O)N3S(=O)(=O)O)CC1)OCc1ccccc1. The van der Waals surface area contributed by atoms with Crippen LogP contribution in [0, 0.1) is 0 Å². The molecule has 4 rings (SSSR count). The Bertz CT molecular complexity index is 1040. The van der Waals surface area contributed by atoms with Crippen molar-refractivity contribution in [1.29, 1.82) is 0 Å². The van der Waals surface area contributed by atoms with Crippen LogP contribution in [-0.4, -0.2) is 96.0 Å². The summed E-state index contributed by atoms with van der Waals surface area (Å²) in [6, 6.07) is 7.46.